The SMILES string of the molecule is CC1(CNS(=O)(=O)c2c(Cl)cc(C#CCN)cc2Cl)CC1. The molecule has 1 fully saturated rings. The van der Waals surface area contributed by atoms with Crippen LogP contribution in [0.5, 0.6) is 0 Å². The van der Waals surface area contributed by atoms with Crippen LogP contribution in [0.1, 0.15) is 25.3 Å². The minimum Gasteiger partial charge on any atom is -0.320 e. The molecule has 0 aromatic heterocycles. The van der Waals surface area contributed by atoms with Crippen LogP contribution in [-0.2, 0) is 10.0 Å². The Morgan fingerprint density at radius 2 is 1.90 bits per heavy atom. The Kier molecular flexibility index (Phi) is 4.86. The maximum Gasteiger partial charge on any atom is 0.243 e. The van der Waals surface area contributed by atoms with E-state index < -0.39 is 10.0 Å². The van der Waals surface area contributed by atoms with E-state index in [9.17, 15) is 8.42 Å². The lowest BCUT2D eigenvalue weighted by atomic mass is 10.2. The van der Waals surface area contributed by atoms with Crippen molar-refractivity contribution in [1.29, 1.82) is 0 Å². The molecule has 1 aliphatic rings. The maximum absolute atomic E-state index is 12.3. The number of rotatable bonds is 4. The van der Waals surface area contributed by atoms with Gasteiger partial charge in [-0.15, -0.1) is 0 Å². The molecule has 1 aliphatic carbocycles. The van der Waals surface area contributed by atoms with Gasteiger partial charge in [0.2, 0.25) is 10.0 Å². The number of nitrogens with one attached hydrogen (secondary N) is 1. The van der Waals surface area contributed by atoms with Crippen molar-refractivity contribution in [1.82, 2.24) is 4.72 Å². The lowest BCUT2D eigenvalue weighted by molar-refractivity contribution is 0.530. The molecule has 0 amide bonds. The van der Waals surface area contributed by atoms with E-state index in [0.29, 0.717) is 12.1 Å². The number of benzene rings is 1. The molecule has 0 spiro atoms. The Hall–Kier alpha value is -0.770. The van der Waals surface area contributed by atoms with Gasteiger partial charge in [0, 0.05) is 12.1 Å². The van der Waals surface area contributed by atoms with Gasteiger partial charge in [-0.25, -0.2) is 13.1 Å². The monoisotopic (exact) mass is 346 g/mol. The minimum absolute atomic E-state index is 0.0530. The third-order valence-corrected chi connectivity index (χ3v) is 5.72. The van der Waals surface area contributed by atoms with Crippen molar-refractivity contribution in [3.8, 4) is 11.8 Å². The first kappa shape index (κ1) is 16.6. The summed E-state index contributed by atoms with van der Waals surface area (Å²) in [5.74, 6) is 5.44. The zero-order valence-corrected chi connectivity index (χ0v) is 13.9. The molecule has 2 rings (SSSR count). The number of sulfonamides is 1. The third-order valence-electron chi connectivity index (χ3n) is 3.39. The molecule has 1 aromatic carbocycles. The van der Waals surface area contributed by atoms with Gasteiger partial charge in [0.25, 0.3) is 0 Å². The second kappa shape index (κ2) is 6.15. The summed E-state index contributed by atoms with van der Waals surface area (Å²) < 4.78 is 27.2. The predicted molar refractivity (Wildman–Crippen MR) is 84.9 cm³/mol. The van der Waals surface area contributed by atoms with Gasteiger partial charge in [-0.2, -0.15) is 0 Å². The smallest absolute Gasteiger partial charge is 0.243 e. The normalized spacial score (nSPS) is 16.2. The molecule has 0 radical (unpaired) electrons. The molecule has 21 heavy (non-hydrogen) atoms. The van der Waals surface area contributed by atoms with E-state index in [0.717, 1.165) is 12.8 Å². The van der Waals surface area contributed by atoms with E-state index in [1.807, 2.05) is 6.92 Å². The van der Waals surface area contributed by atoms with Gasteiger partial charge in [0.1, 0.15) is 4.90 Å². The van der Waals surface area contributed by atoms with Crippen molar-refractivity contribution < 1.29 is 8.42 Å². The van der Waals surface area contributed by atoms with Gasteiger partial charge in [-0.05, 0) is 30.4 Å². The van der Waals surface area contributed by atoms with Crippen molar-refractivity contribution in [2.24, 2.45) is 11.1 Å². The lowest BCUT2D eigenvalue weighted by Crippen LogP contribution is -2.29. The summed E-state index contributed by atoms with van der Waals surface area (Å²) in [4.78, 5) is -0.103. The highest BCUT2D eigenvalue weighted by molar-refractivity contribution is 7.89. The van der Waals surface area contributed by atoms with Gasteiger partial charge in [0.15, 0.2) is 0 Å². The van der Waals surface area contributed by atoms with Gasteiger partial charge in [-0.1, -0.05) is 42.0 Å². The molecule has 0 saturated heterocycles. The number of nitrogens with two attached hydrogens (primary N) is 1. The summed E-state index contributed by atoms with van der Waals surface area (Å²) in [6.07, 6.45) is 2.04. The summed E-state index contributed by atoms with van der Waals surface area (Å²) >= 11 is 12.1. The van der Waals surface area contributed by atoms with E-state index >= 15 is 0 Å². The highest BCUT2D eigenvalue weighted by Gasteiger charge is 2.38. The Bertz CT molecular complexity index is 693. The number of hydrogen-bond acceptors (Lipinski definition) is 3. The van der Waals surface area contributed by atoms with Crippen molar-refractivity contribution in [3.63, 3.8) is 0 Å². The molecule has 0 unspecified atom stereocenters. The average Bonchev–Trinajstić information content (AvgIpc) is 3.12. The van der Waals surface area contributed by atoms with E-state index in [1.54, 1.807) is 0 Å². The molecule has 114 valence electrons. The van der Waals surface area contributed by atoms with Crippen LogP contribution in [-0.4, -0.2) is 21.5 Å². The standard InChI is InChI=1S/C14H16Cl2N2O2S/c1-14(4-5-14)9-18-21(19,20)13-11(15)7-10(3-2-6-17)8-12(13)16/h7-8,18H,4-6,9,17H2,1H3. The first-order valence-electron chi connectivity index (χ1n) is 6.45. The highest BCUT2D eigenvalue weighted by Crippen LogP contribution is 2.44. The second-order valence-electron chi connectivity index (χ2n) is 5.41. The van der Waals surface area contributed by atoms with Crippen LogP contribution in [0.4, 0.5) is 0 Å². The lowest BCUT2D eigenvalue weighted by Gasteiger charge is -2.13. The number of hydrogen-bond donors (Lipinski definition) is 2. The van der Waals surface area contributed by atoms with Crippen LogP contribution in [0.2, 0.25) is 10.0 Å². The van der Waals surface area contributed by atoms with Crippen LogP contribution < -0.4 is 10.5 Å². The molecule has 0 heterocycles. The Labute approximate surface area is 135 Å². The zero-order chi connectivity index (χ0) is 15.7. The zero-order valence-electron chi connectivity index (χ0n) is 11.5. The Balaban J connectivity index is 2.30. The fourth-order valence-corrected chi connectivity index (χ4v) is 4.18. The van der Waals surface area contributed by atoms with Crippen LogP contribution in [0.25, 0.3) is 0 Å². The first-order valence-corrected chi connectivity index (χ1v) is 8.69. The molecule has 1 aromatic rings. The van der Waals surface area contributed by atoms with E-state index in [-0.39, 0.29) is 26.9 Å². The maximum atomic E-state index is 12.3. The molecular formula is C14H16Cl2N2O2S. The fourth-order valence-electron chi connectivity index (χ4n) is 1.77. The average molecular weight is 347 g/mol. The molecule has 4 nitrogen and oxygen atoms in total. The fraction of sp³-hybridized carbons (Fsp3) is 0.429. The second-order valence-corrected chi connectivity index (χ2v) is 7.93. The minimum atomic E-state index is -3.74. The quantitative estimate of drug-likeness (QED) is 0.822. The van der Waals surface area contributed by atoms with Gasteiger partial charge >= 0.3 is 0 Å². The molecule has 3 N–H and O–H groups in total. The van der Waals surface area contributed by atoms with Gasteiger partial charge in [-0.3, -0.25) is 0 Å². The van der Waals surface area contributed by atoms with Gasteiger partial charge < -0.3 is 5.73 Å². The summed E-state index contributed by atoms with van der Waals surface area (Å²) in [6, 6.07) is 2.95. The molecule has 1 saturated carbocycles. The molecule has 0 atom stereocenters. The third kappa shape index (κ3) is 4.12. The van der Waals surface area contributed by atoms with Gasteiger partial charge in [0.05, 0.1) is 16.6 Å². The Morgan fingerprint density at radius 1 is 1.33 bits per heavy atom. The highest BCUT2D eigenvalue weighted by atomic mass is 35.5. The molecule has 0 aliphatic heterocycles. The number of halogens is 2. The summed E-state index contributed by atoms with van der Waals surface area (Å²) in [6.45, 7) is 2.62. The van der Waals surface area contributed by atoms with E-state index in [1.165, 1.54) is 12.1 Å². The summed E-state index contributed by atoms with van der Waals surface area (Å²) in [5.41, 5.74) is 5.88. The molecular weight excluding hydrogens is 331 g/mol. The van der Waals surface area contributed by atoms with E-state index in [2.05, 4.69) is 16.6 Å². The topological polar surface area (TPSA) is 72.2 Å². The van der Waals surface area contributed by atoms with E-state index in [4.69, 9.17) is 28.9 Å². The Morgan fingerprint density at radius 3 is 2.38 bits per heavy atom. The van der Waals surface area contributed by atoms with Crippen molar-refractivity contribution >= 4 is 33.2 Å². The summed E-state index contributed by atoms with van der Waals surface area (Å²) in [5, 5.41) is 0.106. The predicted octanol–water partition coefficient (Wildman–Crippen LogP) is 2.38. The van der Waals surface area contributed by atoms with Crippen molar-refractivity contribution in [2.75, 3.05) is 13.1 Å². The summed E-state index contributed by atoms with van der Waals surface area (Å²) in [7, 11) is -3.74. The van der Waals surface area contributed by atoms with Crippen LogP contribution in [0, 0.1) is 17.3 Å². The van der Waals surface area contributed by atoms with Crippen molar-refractivity contribution in [3.05, 3.63) is 27.7 Å². The largest absolute Gasteiger partial charge is 0.320 e. The molecule has 0 bridgehead atoms. The van der Waals surface area contributed by atoms with Crippen LogP contribution >= 0.6 is 23.2 Å². The van der Waals surface area contributed by atoms with Crippen molar-refractivity contribution in [2.45, 2.75) is 24.7 Å². The molecule has 7 heteroatoms. The van der Waals surface area contributed by atoms with Crippen LogP contribution in [0.15, 0.2) is 17.0 Å². The first-order chi connectivity index (χ1) is 9.77. The van der Waals surface area contributed by atoms with Crippen LogP contribution in [0.3, 0.4) is 0 Å².